The molecule has 1 aliphatic heterocycles. The van der Waals surface area contributed by atoms with Gasteiger partial charge >= 0.3 is 0 Å². The average Bonchev–Trinajstić information content (AvgIpc) is 2.94. The highest BCUT2D eigenvalue weighted by Crippen LogP contribution is 2.32. The van der Waals surface area contributed by atoms with Crippen molar-refractivity contribution in [3.05, 3.63) is 0 Å². The van der Waals surface area contributed by atoms with Crippen molar-refractivity contribution in [1.29, 1.82) is 0 Å². The predicted molar refractivity (Wildman–Crippen MR) is 101 cm³/mol. The van der Waals surface area contributed by atoms with E-state index in [4.69, 9.17) is 13.6 Å². The van der Waals surface area contributed by atoms with Crippen LogP contribution in [0.4, 0.5) is 0 Å². The number of hydrogen-bond donors (Lipinski definition) is 1. The topological polar surface area (TPSA) is 47.9 Å². The smallest absolute Gasteiger partial charge is 0.192 e. The molecule has 1 rings (SSSR count). The predicted octanol–water partition coefficient (Wildman–Crippen LogP) is 4.51. The lowest BCUT2D eigenvalue weighted by molar-refractivity contribution is -0.105. The van der Waals surface area contributed by atoms with Gasteiger partial charge in [0.05, 0.1) is 12.7 Å². The zero-order chi connectivity index (χ0) is 17.5. The number of aliphatic hydroxyl groups is 1. The normalized spacial score (nSPS) is 26.0. The van der Waals surface area contributed by atoms with Crippen LogP contribution in [0.5, 0.6) is 0 Å². The summed E-state index contributed by atoms with van der Waals surface area (Å²) in [7, 11) is -3.31. The van der Waals surface area contributed by atoms with Gasteiger partial charge in [-0.1, -0.05) is 41.5 Å². The van der Waals surface area contributed by atoms with E-state index in [-0.39, 0.29) is 12.2 Å². The number of aliphatic hydroxyl groups excluding tert-OH is 1. The minimum Gasteiger partial charge on any atom is -0.414 e. The molecule has 138 valence electrons. The van der Waals surface area contributed by atoms with Crippen molar-refractivity contribution in [2.45, 2.75) is 103 Å². The van der Waals surface area contributed by atoms with E-state index >= 15 is 0 Å². The third kappa shape index (κ3) is 5.37. The summed E-state index contributed by atoms with van der Waals surface area (Å²) in [5, 5.41) is 9.95. The molecule has 1 unspecified atom stereocenters. The second kappa shape index (κ2) is 9.68. The summed E-state index contributed by atoms with van der Waals surface area (Å²) in [6, 6.07) is 6.78. The van der Waals surface area contributed by atoms with Gasteiger partial charge < -0.3 is 18.7 Å². The summed E-state index contributed by atoms with van der Waals surface area (Å²) >= 11 is 0. The van der Waals surface area contributed by atoms with E-state index in [1.807, 2.05) is 0 Å². The molecule has 0 saturated carbocycles. The molecule has 0 aromatic carbocycles. The molecule has 0 aliphatic carbocycles. The van der Waals surface area contributed by atoms with Gasteiger partial charge in [-0.05, 0) is 36.3 Å². The molecular formula is C17H38O4Si2. The molecule has 4 nitrogen and oxygen atoms in total. The first-order valence-corrected chi connectivity index (χ1v) is 14.6. The van der Waals surface area contributed by atoms with E-state index in [0.717, 1.165) is 36.3 Å². The van der Waals surface area contributed by atoms with E-state index in [1.165, 1.54) is 0 Å². The Bertz CT molecular complexity index is 316. The molecule has 0 amide bonds. The van der Waals surface area contributed by atoms with Crippen LogP contribution in [-0.2, 0) is 13.6 Å². The van der Waals surface area contributed by atoms with E-state index in [2.05, 4.69) is 41.5 Å². The molecule has 6 heteroatoms. The van der Waals surface area contributed by atoms with E-state index < -0.39 is 22.9 Å². The lowest BCUT2D eigenvalue weighted by Crippen LogP contribution is -2.45. The van der Waals surface area contributed by atoms with Crippen molar-refractivity contribution in [2.75, 3.05) is 6.61 Å². The van der Waals surface area contributed by atoms with Crippen molar-refractivity contribution < 1.29 is 18.7 Å². The number of rotatable bonds is 11. The monoisotopic (exact) mass is 362 g/mol. The van der Waals surface area contributed by atoms with Gasteiger partial charge in [-0.3, -0.25) is 0 Å². The van der Waals surface area contributed by atoms with Gasteiger partial charge in [0.2, 0.25) is 0 Å². The van der Waals surface area contributed by atoms with Crippen LogP contribution in [0.3, 0.4) is 0 Å². The highest BCUT2D eigenvalue weighted by Gasteiger charge is 2.42. The molecule has 1 aliphatic rings. The molecule has 0 aromatic heterocycles. The third-order valence-electron chi connectivity index (χ3n) is 6.00. The maximum atomic E-state index is 9.95. The van der Waals surface area contributed by atoms with Gasteiger partial charge in [-0.2, -0.15) is 0 Å². The molecule has 3 atom stereocenters. The Kier molecular flexibility index (Phi) is 8.97. The molecule has 0 radical (unpaired) electrons. The van der Waals surface area contributed by atoms with E-state index in [1.54, 1.807) is 0 Å². The fourth-order valence-corrected chi connectivity index (χ4v) is 9.12. The van der Waals surface area contributed by atoms with Crippen LogP contribution in [0.1, 0.15) is 48.0 Å². The highest BCUT2D eigenvalue weighted by atomic mass is 28.4. The van der Waals surface area contributed by atoms with Crippen LogP contribution in [0.25, 0.3) is 0 Å². The van der Waals surface area contributed by atoms with Crippen molar-refractivity contribution in [3.63, 3.8) is 0 Å². The van der Waals surface area contributed by atoms with Gasteiger partial charge in [0, 0.05) is 6.42 Å². The number of ether oxygens (including phenoxy) is 1. The molecule has 1 N–H and O–H groups in total. The van der Waals surface area contributed by atoms with Crippen LogP contribution in [0.2, 0.25) is 36.3 Å². The molecule has 1 saturated heterocycles. The molecule has 1 heterocycles. The Balaban J connectivity index is 2.72. The summed E-state index contributed by atoms with van der Waals surface area (Å²) in [4.78, 5) is 0. The van der Waals surface area contributed by atoms with Gasteiger partial charge in [0.15, 0.2) is 22.9 Å². The van der Waals surface area contributed by atoms with Crippen molar-refractivity contribution in [2.24, 2.45) is 0 Å². The van der Waals surface area contributed by atoms with Crippen LogP contribution >= 0.6 is 0 Å². The summed E-state index contributed by atoms with van der Waals surface area (Å²) in [6.45, 7) is 14.0. The fourth-order valence-electron chi connectivity index (χ4n) is 3.60. The van der Waals surface area contributed by atoms with E-state index in [9.17, 15) is 5.11 Å². The Hall–Kier alpha value is 0.274. The van der Waals surface area contributed by atoms with E-state index in [0.29, 0.717) is 13.0 Å². The first-order valence-electron chi connectivity index (χ1n) is 9.58. The minimum atomic E-state index is -1.69. The van der Waals surface area contributed by atoms with Crippen molar-refractivity contribution in [1.82, 2.24) is 0 Å². The zero-order valence-electron chi connectivity index (χ0n) is 16.1. The van der Waals surface area contributed by atoms with Crippen LogP contribution < -0.4 is 0 Å². The Morgan fingerprint density at radius 2 is 1.35 bits per heavy atom. The second-order valence-corrected chi connectivity index (χ2v) is 16.3. The summed E-state index contributed by atoms with van der Waals surface area (Å²) in [6.07, 6.45) is -0.236. The summed E-state index contributed by atoms with van der Waals surface area (Å²) in [5.74, 6) is 0. The van der Waals surface area contributed by atoms with Crippen LogP contribution in [0, 0.1) is 0 Å². The summed E-state index contributed by atoms with van der Waals surface area (Å²) < 4.78 is 18.7. The quantitative estimate of drug-likeness (QED) is 0.550. The first-order chi connectivity index (χ1) is 10.9. The van der Waals surface area contributed by atoms with Crippen molar-refractivity contribution >= 4 is 16.6 Å². The van der Waals surface area contributed by atoms with Gasteiger partial charge in [-0.15, -0.1) is 0 Å². The van der Waals surface area contributed by atoms with Crippen molar-refractivity contribution in [3.8, 4) is 0 Å². The first kappa shape index (κ1) is 21.3. The Labute approximate surface area is 145 Å². The Morgan fingerprint density at radius 1 is 0.870 bits per heavy atom. The third-order valence-corrected chi connectivity index (χ3v) is 15.3. The highest BCUT2D eigenvalue weighted by molar-refractivity contribution is 6.74. The molecular weight excluding hydrogens is 324 g/mol. The van der Waals surface area contributed by atoms with Gasteiger partial charge in [0.25, 0.3) is 0 Å². The average molecular weight is 363 g/mol. The number of hydrogen-bond acceptors (Lipinski definition) is 4. The molecule has 0 aromatic rings. The minimum absolute atomic E-state index is 0.00575. The van der Waals surface area contributed by atoms with Gasteiger partial charge in [-0.25, -0.2) is 0 Å². The molecule has 1 fully saturated rings. The van der Waals surface area contributed by atoms with Crippen LogP contribution in [-0.4, -0.2) is 46.8 Å². The maximum Gasteiger partial charge on any atom is 0.192 e. The zero-order valence-corrected chi connectivity index (χ0v) is 18.1. The standard InChI is InChI=1S/C17H38O4Si2/c1-7-22(8-2,9-3)19-14-16-15(13-17(18)20-16)21-23(10-4,11-5)12-6/h15-18H,7-14H2,1-6H3/t15-,16+,17?/m0/s1. The summed E-state index contributed by atoms with van der Waals surface area (Å²) in [5.41, 5.74) is 0. The van der Waals surface area contributed by atoms with Gasteiger partial charge in [0.1, 0.15) is 6.10 Å². The molecule has 0 bridgehead atoms. The molecule has 0 spiro atoms. The lowest BCUT2D eigenvalue weighted by Gasteiger charge is -2.35. The SMILES string of the molecule is CC[Si](CC)(CC)OC[C@H]1OC(O)C[C@@H]1O[Si](CC)(CC)CC. The largest absolute Gasteiger partial charge is 0.414 e. The molecule has 23 heavy (non-hydrogen) atoms. The lowest BCUT2D eigenvalue weighted by atomic mass is 10.2. The second-order valence-electron chi connectivity index (χ2n) is 6.82. The van der Waals surface area contributed by atoms with Crippen LogP contribution in [0.15, 0.2) is 0 Å². The maximum absolute atomic E-state index is 9.95. The fraction of sp³-hybridized carbons (Fsp3) is 1.00. The Morgan fingerprint density at radius 3 is 1.78 bits per heavy atom.